The number of hydrogen-bond acceptors (Lipinski definition) is 2. The summed E-state index contributed by atoms with van der Waals surface area (Å²) in [6.07, 6.45) is 1.76. The lowest BCUT2D eigenvalue weighted by Crippen LogP contribution is -2.40. The van der Waals surface area contributed by atoms with Crippen LogP contribution in [0.5, 0.6) is 0 Å². The van der Waals surface area contributed by atoms with E-state index < -0.39 is 0 Å². The van der Waals surface area contributed by atoms with Gasteiger partial charge in [0.1, 0.15) is 6.54 Å². The Morgan fingerprint density at radius 2 is 1.96 bits per heavy atom. The summed E-state index contributed by atoms with van der Waals surface area (Å²) in [6.45, 7) is 9.39. The van der Waals surface area contributed by atoms with Crippen molar-refractivity contribution >= 4 is 11.9 Å². The van der Waals surface area contributed by atoms with Gasteiger partial charge in [0.15, 0.2) is 5.96 Å². The van der Waals surface area contributed by atoms with Crippen LogP contribution >= 0.6 is 0 Å². The molecular weight excluding hydrogens is 288 g/mol. The highest BCUT2D eigenvalue weighted by Crippen LogP contribution is 2.14. The summed E-state index contributed by atoms with van der Waals surface area (Å²) in [6, 6.07) is 8.52. The van der Waals surface area contributed by atoms with Crippen LogP contribution < -0.4 is 10.6 Å². The zero-order valence-corrected chi connectivity index (χ0v) is 14.6. The first-order valence-corrected chi connectivity index (χ1v) is 7.83. The molecule has 1 aromatic rings. The van der Waals surface area contributed by atoms with E-state index in [1.807, 2.05) is 0 Å². The molecule has 0 aromatic heterocycles. The average molecular weight is 316 g/mol. The molecule has 1 aromatic carbocycles. The molecule has 0 aliphatic carbocycles. The van der Waals surface area contributed by atoms with Crippen molar-refractivity contribution in [3.8, 4) is 0 Å². The van der Waals surface area contributed by atoms with Crippen molar-refractivity contribution in [1.29, 1.82) is 0 Å². The van der Waals surface area contributed by atoms with Crippen molar-refractivity contribution in [3.05, 3.63) is 48.0 Å². The third kappa shape index (κ3) is 7.00. The highest BCUT2D eigenvalue weighted by atomic mass is 16.2. The van der Waals surface area contributed by atoms with Crippen LogP contribution in [0.1, 0.15) is 24.0 Å². The van der Waals surface area contributed by atoms with Crippen LogP contribution in [-0.2, 0) is 4.79 Å². The molecule has 0 spiro atoms. The second kappa shape index (κ2) is 9.66. The van der Waals surface area contributed by atoms with Gasteiger partial charge in [0.25, 0.3) is 0 Å². The van der Waals surface area contributed by atoms with Crippen molar-refractivity contribution in [1.82, 2.24) is 15.5 Å². The Balaban J connectivity index is 2.62. The maximum absolute atomic E-state index is 11.7. The van der Waals surface area contributed by atoms with Gasteiger partial charge in [0.2, 0.25) is 5.91 Å². The second-order valence-corrected chi connectivity index (χ2v) is 5.82. The van der Waals surface area contributed by atoms with Gasteiger partial charge >= 0.3 is 0 Å². The Morgan fingerprint density at radius 3 is 2.52 bits per heavy atom. The maximum atomic E-state index is 11.7. The molecule has 0 saturated carbocycles. The third-order valence-corrected chi connectivity index (χ3v) is 3.51. The SMILES string of the molecule is C=CCNC(=NCC(=O)N(C)C)NCC(C)c1ccc(C)cc1. The zero-order valence-electron chi connectivity index (χ0n) is 14.6. The van der Waals surface area contributed by atoms with Crippen LogP contribution in [0.2, 0.25) is 0 Å². The number of aliphatic imine (C=N–C) groups is 1. The van der Waals surface area contributed by atoms with Crippen LogP contribution in [0.25, 0.3) is 0 Å². The molecule has 23 heavy (non-hydrogen) atoms. The predicted octanol–water partition coefficient (Wildman–Crippen LogP) is 1.91. The Morgan fingerprint density at radius 1 is 1.30 bits per heavy atom. The highest BCUT2D eigenvalue weighted by molar-refractivity contribution is 5.84. The summed E-state index contributed by atoms with van der Waals surface area (Å²) in [7, 11) is 3.45. The van der Waals surface area contributed by atoms with Crippen molar-refractivity contribution in [2.75, 3.05) is 33.7 Å². The molecule has 0 fully saturated rings. The number of hydrogen-bond donors (Lipinski definition) is 2. The largest absolute Gasteiger partial charge is 0.356 e. The third-order valence-electron chi connectivity index (χ3n) is 3.51. The average Bonchev–Trinajstić information content (AvgIpc) is 2.54. The predicted molar refractivity (Wildman–Crippen MR) is 96.8 cm³/mol. The molecule has 0 bridgehead atoms. The Hall–Kier alpha value is -2.30. The van der Waals surface area contributed by atoms with Crippen molar-refractivity contribution in [2.45, 2.75) is 19.8 Å². The maximum Gasteiger partial charge on any atom is 0.243 e. The quantitative estimate of drug-likeness (QED) is 0.459. The fourth-order valence-electron chi connectivity index (χ4n) is 1.89. The topological polar surface area (TPSA) is 56.7 Å². The van der Waals surface area contributed by atoms with E-state index >= 15 is 0 Å². The first-order valence-electron chi connectivity index (χ1n) is 7.83. The number of nitrogens with one attached hydrogen (secondary N) is 2. The van der Waals surface area contributed by atoms with Gasteiger partial charge in [-0.1, -0.05) is 42.8 Å². The van der Waals surface area contributed by atoms with Crippen LogP contribution in [0.15, 0.2) is 41.9 Å². The zero-order chi connectivity index (χ0) is 17.2. The number of rotatable bonds is 7. The molecular formula is C18H28N4O. The first-order chi connectivity index (χ1) is 10.9. The summed E-state index contributed by atoms with van der Waals surface area (Å²) in [5.41, 5.74) is 2.53. The van der Waals surface area contributed by atoms with Gasteiger partial charge in [-0.2, -0.15) is 0 Å². The van der Waals surface area contributed by atoms with Gasteiger partial charge < -0.3 is 15.5 Å². The minimum atomic E-state index is -0.0312. The normalized spacial score (nSPS) is 12.4. The summed E-state index contributed by atoms with van der Waals surface area (Å²) in [5, 5.41) is 6.41. The monoisotopic (exact) mass is 316 g/mol. The van der Waals surface area contributed by atoms with Gasteiger partial charge in [-0.3, -0.25) is 4.79 Å². The molecule has 1 rings (SSSR count). The fourth-order valence-corrected chi connectivity index (χ4v) is 1.89. The van der Waals surface area contributed by atoms with Crippen molar-refractivity contribution in [2.24, 2.45) is 4.99 Å². The standard InChI is InChI=1S/C18H28N4O/c1-6-11-19-18(21-13-17(23)22(4)5)20-12-15(3)16-9-7-14(2)8-10-16/h6-10,15H,1,11-13H2,2-5H3,(H2,19,20,21). The van der Waals surface area contributed by atoms with Gasteiger partial charge in [-0.05, 0) is 18.4 Å². The second-order valence-electron chi connectivity index (χ2n) is 5.82. The van der Waals surface area contributed by atoms with E-state index in [1.165, 1.54) is 16.0 Å². The summed E-state index contributed by atoms with van der Waals surface area (Å²) < 4.78 is 0. The fraction of sp³-hybridized carbons (Fsp3) is 0.444. The lowest BCUT2D eigenvalue weighted by atomic mass is 10.0. The number of amides is 1. The van der Waals surface area contributed by atoms with Crippen molar-refractivity contribution in [3.63, 3.8) is 0 Å². The number of carbonyl (C=O) groups excluding carboxylic acids is 1. The number of likely N-dealkylation sites (N-methyl/N-ethyl adjacent to an activating group) is 1. The van der Waals surface area contributed by atoms with Crippen LogP contribution in [-0.4, -0.2) is 50.5 Å². The smallest absolute Gasteiger partial charge is 0.243 e. The summed E-state index contributed by atoms with van der Waals surface area (Å²) >= 11 is 0. The highest BCUT2D eigenvalue weighted by Gasteiger charge is 2.08. The van der Waals surface area contributed by atoms with E-state index in [1.54, 1.807) is 20.2 Å². The number of benzene rings is 1. The molecule has 126 valence electrons. The molecule has 0 heterocycles. The Labute approximate surface area is 139 Å². The lowest BCUT2D eigenvalue weighted by Gasteiger charge is -2.17. The molecule has 0 saturated heterocycles. The molecule has 5 nitrogen and oxygen atoms in total. The summed E-state index contributed by atoms with van der Waals surface area (Å²) in [5.74, 6) is 0.936. The molecule has 0 aliphatic heterocycles. The van der Waals surface area contributed by atoms with Gasteiger partial charge in [-0.25, -0.2) is 4.99 Å². The Kier molecular flexibility index (Phi) is 7.88. The van der Waals surface area contributed by atoms with Gasteiger partial charge in [0.05, 0.1) is 0 Å². The lowest BCUT2D eigenvalue weighted by molar-refractivity contribution is -0.127. The van der Waals surface area contributed by atoms with E-state index in [2.05, 4.69) is 60.3 Å². The van der Waals surface area contributed by atoms with Crippen LogP contribution in [0, 0.1) is 6.92 Å². The molecule has 1 unspecified atom stereocenters. The molecule has 5 heteroatoms. The molecule has 1 atom stereocenters. The molecule has 0 aliphatic rings. The summed E-state index contributed by atoms with van der Waals surface area (Å²) in [4.78, 5) is 17.5. The van der Waals surface area contributed by atoms with E-state index in [-0.39, 0.29) is 12.5 Å². The number of carbonyl (C=O) groups is 1. The Bertz CT molecular complexity index is 534. The molecule has 1 amide bonds. The van der Waals surface area contributed by atoms with Crippen LogP contribution in [0.4, 0.5) is 0 Å². The van der Waals surface area contributed by atoms with Crippen LogP contribution in [0.3, 0.4) is 0 Å². The van der Waals surface area contributed by atoms with Gasteiger partial charge in [-0.15, -0.1) is 6.58 Å². The number of guanidine groups is 1. The van der Waals surface area contributed by atoms with Crippen molar-refractivity contribution < 1.29 is 4.79 Å². The van der Waals surface area contributed by atoms with E-state index in [0.717, 1.165) is 6.54 Å². The molecule has 0 radical (unpaired) electrons. The van der Waals surface area contributed by atoms with E-state index in [9.17, 15) is 4.79 Å². The minimum Gasteiger partial charge on any atom is -0.356 e. The number of aryl methyl sites for hydroxylation is 1. The number of nitrogens with zero attached hydrogens (tertiary/aromatic N) is 2. The van der Waals surface area contributed by atoms with Gasteiger partial charge in [0, 0.05) is 27.2 Å². The minimum absolute atomic E-state index is 0.0312. The van der Waals surface area contributed by atoms with E-state index in [4.69, 9.17) is 0 Å². The molecule has 2 N–H and O–H groups in total. The first kappa shape index (κ1) is 18.7. The van der Waals surface area contributed by atoms with E-state index in [0.29, 0.717) is 18.4 Å².